The highest BCUT2D eigenvalue weighted by atomic mass is 16.5. The Labute approximate surface area is 198 Å². The smallest absolute Gasteiger partial charge is 0.347 e. The predicted molar refractivity (Wildman–Crippen MR) is 131 cm³/mol. The molecule has 0 spiro atoms. The first-order chi connectivity index (χ1) is 16.2. The van der Waals surface area contributed by atoms with E-state index in [0.717, 1.165) is 17.5 Å². The van der Waals surface area contributed by atoms with Gasteiger partial charge >= 0.3 is 5.63 Å². The fourth-order valence-corrected chi connectivity index (χ4v) is 5.08. The lowest BCUT2D eigenvalue weighted by molar-refractivity contribution is 0.103. The SMILES string of the molecule is Cc1nc(N2CCOCC2)ncc1C(=O)c1cc2cc3c(cc2oc1=O)N(C)C(C)(C)C[C@H]3C. The zero-order valence-electron chi connectivity index (χ0n) is 20.3. The number of rotatable bonds is 3. The molecule has 0 saturated carbocycles. The summed E-state index contributed by atoms with van der Waals surface area (Å²) >= 11 is 0. The van der Waals surface area contributed by atoms with Gasteiger partial charge in [0.25, 0.3) is 0 Å². The number of carbonyl (C=O) groups is 1. The van der Waals surface area contributed by atoms with Gasteiger partial charge in [0.15, 0.2) is 0 Å². The Hall–Kier alpha value is -3.26. The molecule has 0 amide bonds. The summed E-state index contributed by atoms with van der Waals surface area (Å²) < 4.78 is 11.0. The van der Waals surface area contributed by atoms with E-state index in [2.05, 4.69) is 42.7 Å². The fourth-order valence-electron chi connectivity index (χ4n) is 5.08. The molecule has 2 aliphatic rings. The molecule has 5 rings (SSSR count). The Balaban J connectivity index is 1.53. The molecule has 1 atom stereocenters. The molecule has 34 heavy (non-hydrogen) atoms. The summed E-state index contributed by atoms with van der Waals surface area (Å²) in [5.41, 5.74) is 2.90. The third-order valence-electron chi connectivity index (χ3n) is 7.24. The molecular formula is C26H30N4O4. The van der Waals surface area contributed by atoms with Crippen LogP contribution < -0.4 is 15.4 Å². The number of nitrogens with zero attached hydrogens (tertiary/aromatic N) is 4. The first-order valence-corrected chi connectivity index (χ1v) is 11.7. The van der Waals surface area contributed by atoms with E-state index in [-0.39, 0.29) is 11.1 Å². The van der Waals surface area contributed by atoms with Gasteiger partial charge in [-0.15, -0.1) is 0 Å². The minimum absolute atomic E-state index is 0.00120. The number of aryl methyl sites for hydroxylation is 1. The second-order valence-corrected chi connectivity index (χ2v) is 9.97. The van der Waals surface area contributed by atoms with Gasteiger partial charge in [0.05, 0.1) is 24.5 Å². The Morgan fingerprint density at radius 2 is 1.88 bits per heavy atom. The van der Waals surface area contributed by atoms with Gasteiger partial charge in [-0.25, -0.2) is 14.8 Å². The van der Waals surface area contributed by atoms with Crippen LogP contribution in [0, 0.1) is 6.92 Å². The van der Waals surface area contributed by atoms with Gasteiger partial charge in [-0.2, -0.15) is 0 Å². The van der Waals surface area contributed by atoms with E-state index < -0.39 is 11.4 Å². The standard InChI is InChI=1S/C26H30N4O4/c1-15-13-26(3,4)29(5)21-12-22-17(10-18(15)21)11-19(24(32)34-22)23(31)20-14-27-25(28-16(20)2)30-6-8-33-9-7-30/h10-12,14-15H,6-9,13H2,1-5H3/t15-/m1/s1. The number of hydrogen-bond acceptors (Lipinski definition) is 8. The minimum atomic E-state index is -0.653. The van der Waals surface area contributed by atoms with Crippen molar-refractivity contribution in [1.82, 2.24) is 9.97 Å². The maximum absolute atomic E-state index is 13.3. The van der Waals surface area contributed by atoms with E-state index in [4.69, 9.17) is 9.15 Å². The molecule has 0 radical (unpaired) electrons. The molecule has 1 aromatic carbocycles. The largest absolute Gasteiger partial charge is 0.422 e. The van der Waals surface area contributed by atoms with Crippen molar-refractivity contribution < 1.29 is 13.9 Å². The molecule has 4 heterocycles. The molecule has 0 bridgehead atoms. The zero-order chi connectivity index (χ0) is 24.2. The maximum Gasteiger partial charge on any atom is 0.347 e. The van der Waals surface area contributed by atoms with Crippen LogP contribution in [0.15, 0.2) is 33.6 Å². The second kappa shape index (κ2) is 8.20. The number of ketones is 1. The highest BCUT2D eigenvalue weighted by Gasteiger charge is 2.34. The molecule has 0 N–H and O–H groups in total. The lowest BCUT2D eigenvalue weighted by Gasteiger charge is -2.45. The first kappa shape index (κ1) is 22.5. The van der Waals surface area contributed by atoms with Gasteiger partial charge in [0, 0.05) is 49.0 Å². The summed E-state index contributed by atoms with van der Waals surface area (Å²) in [6.45, 7) is 11.0. The van der Waals surface area contributed by atoms with Crippen molar-refractivity contribution >= 4 is 28.4 Å². The number of ether oxygens (including phenoxy) is 1. The summed E-state index contributed by atoms with van der Waals surface area (Å²) in [6.07, 6.45) is 2.52. The van der Waals surface area contributed by atoms with Gasteiger partial charge < -0.3 is 19.0 Å². The first-order valence-electron chi connectivity index (χ1n) is 11.7. The number of morpholine rings is 1. The van der Waals surface area contributed by atoms with Crippen LogP contribution in [-0.4, -0.2) is 54.6 Å². The Morgan fingerprint density at radius 1 is 1.15 bits per heavy atom. The van der Waals surface area contributed by atoms with Crippen molar-refractivity contribution in [3.63, 3.8) is 0 Å². The lowest BCUT2D eigenvalue weighted by atomic mass is 9.80. The maximum atomic E-state index is 13.3. The lowest BCUT2D eigenvalue weighted by Crippen LogP contribution is -2.45. The third kappa shape index (κ3) is 3.76. The molecule has 2 aromatic heterocycles. The molecular weight excluding hydrogens is 432 g/mol. The summed E-state index contributed by atoms with van der Waals surface area (Å²) in [5.74, 6) is 0.487. The number of carbonyl (C=O) groups excluding carboxylic acids is 1. The molecule has 0 unspecified atom stereocenters. The van der Waals surface area contributed by atoms with Gasteiger partial charge in [0.2, 0.25) is 11.7 Å². The average molecular weight is 463 g/mol. The second-order valence-electron chi connectivity index (χ2n) is 9.97. The van der Waals surface area contributed by atoms with Crippen LogP contribution in [-0.2, 0) is 4.74 Å². The Morgan fingerprint density at radius 3 is 2.59 bits per heavy atom. The molecule has 3 aromatic rings. The monoisotopic (exact) mass is 462 g/mol. The fraction of sp³-hybridized carbons (Fsp3) is 0.462. The quantitative estimate of drug-likeness (QED) is 0.430. The van der Waals surface area contributed by atoms with Crippen molar-refractivity contribution in [3.05, 3.63) is 57.2 Å². The van der Waals surface area contributed by atoms with Crippen molar-refractivity contribution in [2.24, 2.45) is 0 Å². The van der Waals surface area contributed by atoms with Crippen LogP contribution in [0.5, 0.6) is 0 Å². The number of fused-ring (bicyclic) bond motifs is 2. The van der Waals surface area contributed by atoms with Crippen LogP contribution in [0.1, 0.15) is 60.3 Å². The number of hydrogen-bond donors (Lipinski definition) is 0. The topological polar surface area (TPSA) is 88.8 Å². The average Bonchev–Trinajstić information content (AvgIpc) is 2.81. The summed E-state index contributed by atoms with van der Waals surface area (Å²) in [6, 6.07) is 5.61. The van der Waals surface area contributed by atoms with Crippen LogP contribution in [0.25, 0.3) is 11.0 Å². The summed E-state index contributed by atoms with van der Waals surface area (Å²) in [4.78, 5) is 39.4. The minimum Gasteiger partial charge on any atom is -0.422 e. The normalized spacial score (nSPS) is 19.9. The van der Waals surface area contributed by atoms with Crippen LogP contribution in [0.4, 0.5) is 11.6 Å². The van der Waals surface area contributed by atoms with Crippen molar-refractivity contribution in [2.75, 3.05) is 43.2 Å². The Kier molecular flexibility index (Phi) is 5.43. The molecule has 2 aliphatic heterocycles. The molecule has 1 saturated heterocycles. The number of anilines is 2. The van der Waals surface area contributed by atoms with Gasteiger partial charge in [0.1, 0.15) is 11.1 Å². The summed E-state index contributed by atoms with van der Waals surface area (Å²) in [7, 11) is 2.07. The van der Waals surface area contributed by atoms with E-state index in [0.29, 0.717) is 55.0 Å². The van der Waals surface area contributed by atoms with E-state index in [1.165, 1.54) is 11.8 Å². The van der Waals surface area contributed by atoms with Crippen molar-refractivity contribution in [3.8, 4) is 0 Å². The molecule has 0 aliphatic carbocycles. The zero-order valence-corrected chi connectivity index (χ0v) is 20.3. The van der Waals surface area contributed by atoms with Crippen LogP contribution in [0.3, 0.4) is 0 Å². The van der Waals surface area contributed by atoms with E-state index in [9.17, 15) is 9.59 Å². The molecule has 1 fully saturated rings. The van der Waals surface area contributed by atoms with Crippen molar-refractivity contribution in [1.29, 1.82) is 0 Å². The van der Waals surface area contributed by atoms with Gasteiger partial charge in [-0.05, 0) is 50.8 Å². The summed E-state index contributed by atoms with van der Waals surface area (Å²) in [5, 5.41) is 0.741. The van der Waals surface area contributed by atoms with E-state index in [1.807, 2.05) is 17.0 Å². The highest BCUT2D eigenvalue weighted by molar-refractivity contribution is 6.10. The number of benzene rings is 1. The highest BCUT2D eigenvalue weighted by Crippen LogP contribution is 2.43. The number of aromatic nitrogens is 2. The van der Waals surface area contributed by atoms with E-state index >= 15 is 0 Å². The van der Waals surface area contributed by atoms with Crippen LogP contribution in [0.2, 0.25) is 0 Å². The molecule has 178 valence electrons. The van der Waals surface area contributed by atoms with E-state index in [1.54, 1.807) is 13.0 Å². The van der Waals surface area contributed by atoms with Gasteiger partial charge in [-0.1, -0.05) is 6.92 Å². The van der Waals surface area contributed by atoms with Crippen LogP contribution >= 0.6 is 0 Å². The van der Waals surface area contributed by atoms with Gasteiger partial charge in [-0.3, -0.25) is 4.79 Å². The molecule has 8 heteroatoms. The molecule has 8 nitrogen and oxygen atoms in total. The third-order valence-corrected chi connectivity index (χ3v) is 7.24. The Bertz CT molecular complexity index is 1340. The van der Waals surface area contributed by atoms with Crippen molar-refractivity contribution in [2.45, 2.75) is 45.6 Å². The predicted octanol–water partition coefficient (Wildman–Crippen LogP) is 3.68.